The lowest BCUT2D eigenvalue weighted by Gasteiger charge is -2.30. The van der Waals surface area contributed by atoms with Gasteiger partial charge < -0.3 is 20.9 Å². The highest BCUT2D eigenvalue weighted by molar-refractivity contribution is 6.31. The third kappa shape index (κ3) is 4.87. The summed E-state index contributed by atoms with van der Waals surface area (Å²) in [5.41, 5.74) is 1.53. The van der Waals surface area contributed by atoms with Crippen molar-refractivity contribution in [3.63, 3.8) is 0 Å². The van der Waals surface area contributed by atoms with Gasteiger partial charge in [0.25, 0.3) is 5.91 Å². The number of primary amides is 1. The van der Waals surface area contributed by atoms with Crippen molar-refractivity contribution in [2.75, 3.05) is 13.7 Å². The molecule has 2 aromatic heterocycles. The van der Waals surface area contributed by atoms with Crippen LogP contribution in [0.25, 0.3) is 22.2 Å². The molecule has 240 valence electrons. The number of nitrogens with two attached hydrogens (primary N) is 1. The molecule has 7 rings (SSSR count). The van der Waals surface area contributed by atoms with Crippen molar-refractivity contribution >= 4 is 34.3 Å². The van der Waals surface area contributed by atoms with E-state index in [1.54, 1.807) is 0 Å². The Labute approximate surface area is 264 Å². The third-order valence-electron chi connectivity index (χ3n) is 9.30. The number of methoxy groups -OCH3 is 1. The maximum absolute atomic E-state index is 16.1. The van der Waals surface area contributed by atoms with Crippen LogP contribution in [0.15, 0.2) is 36.5 Å². The molecule has 0 aliphatic heterocycles. The lowest BCUT2D eigenvalue weighted by molar-refractivity contribution is -0.120. The van der Waals surface area contributed by atoms with Gasteiger partial charge in [0.15, 0.2) is 5.82 Å². The predicted molar refractivity (Wildman–Crippen MR) is 158 cm³/mol. The van der Waals surface area contributed by atoms with Gasteiger partial charge in [0.2, 0.25) is 11.7 Å². The molecule has 4 aromatic rings. The van der Waals surface area contributed by atoms with Crippen LogP contribution in [0, 0.1) is 23.4 Å². The van der Waals surface area contributed by atoms with E-state index in [2.05, 4.69) is 15.4 Å². The number of benzene rings is 2. The van der Waals surface area contributed by atoms with Gasteiger partial charge in [-0.2, -0.15) is 5.10 Å². The smallest absolute Gasteiger partial charge is 0.251 e. The van der Waals surface area contributed by atoms with Crippen LogP contribution in [0.2, 0.25) is 5.02 Å². The number of nitrogens with one attached hydrogen (secondary N) is 1. The number of hydrogen-bond donors (Lipinski definition) is 3. The second kappa shape index (κ2) is 10.4. The molecule has 3 fully saturated rings. The number of pyridine rings is 1. The number of rotatable bonds is 10. The van der Waals surface area contributed by atoms with Crippen molar-refractivity contribution in [2.45, 2.75) is 55.3 Å². The number of ether oxygens (including phenoxy) is 1. The van der Waals surface area contributed by atoms with Crippen LogP contribution in [0.5, 0.6) is 5.75 Å². The van der Waals surface area contributed by atoms with Crippen molar-refractivity contribution < 1.29 is 37.0 Å². The summed E-state index contributed by atoms with van der Waals surface area (Å²) >= 11 is 5.90. The number of carbonyl (C=O) groups excluding carboxylic acids is 2. The third-order valence-corrected chi connectivity index (χ3v) is 9.59. The normalized spacial score (nSPS) is 19.0. The van der Waals surface area contributed by atoms with Crippen molar-refractivity contribution in [2.24, 2.45) is 11.7 Å². The molecule has 3 saturated carbocycles. The summed E-state index contributed by atoms with van der Waals surface area (Å²) in [7, 11) is 1.40. The zero-order valence-corrected chi connectivity index (χ0v) is 25.2. The quantitative estimate of drug-likeness (QED) is 0.160. The van der Waals surface area contributed by atoms with E-state index in [1.807, 2.05) is 0 Å². The van der Waals surface area contributed by atoms with Crippen LogP contribution in [-0.4, -0.2) is 45.3 Å². The predicted octanol–water partition coefficient (Wildman–Crippen LogP) is 5.14. The van der Waals surface area contributed by atoms with Gasteiger partial charge in [0.1, 0.15) is 34.2 Å². The molecule has 14 heteroatoms. The Morgan fingerprint density at radius 3 is 2.46 bits per heavy atom. The van der Waals surface area contributed by atoms with Crippen LogP contribution in [0.4, 0.5) is 17.6 Å². The first kappa shape index (κ1) is 30.4. The summed E-state index contributed by atoms with van der Waals surface area (Å²) in [6.45, 7) is -0.391. The number of nitrogens with zero attached hydrogens (tertiary/aromatic N) is 3. The zero-order chi connectivity index (χ0) is 32.8. The topological polar surface area (TPSA) is 132 Å². The summed E-state index contributed by atoms with van der Waals surface area (Å²) in [6, 6.07) is 5.58. The van der Waals surface area contributed by atoms with E-state index >= 15 is 8.78 Å². The second-order valence-electron chi connectivity index (χ2n) is 12.4. The number of amides is 2. The zero-order valence-electron chi connectivity index (χ0n) is 24.5. The molecule has 3 aliphatic carbocycles. The fourth-order valence-corrected chi connectivity index (χ4v) is 6.17. The number of fused-ring (bicyclic) bond motifs is 1. The summed E-state index contributed by atoms with van der Waals surface area (Å²) in [6.07, 6.45) is 3.68. The van der Waals surface area contributed by atoms with Crippen molar-refractivity contribution in [1.29, 1.82) is 0 Å². The van der Waals surface area contributed by atoms with Crippen LogP contribution in [-0.2, 0) is 21.6 Å². The van der Waals surface area contributed by atoms with Crippen molar-refractivity contribution in [3.8, 4) is 17.0 Å². The van der Waals surface area contributed by atoms with Gasteiger partial charge in [-0.1, -0.05) is 11.6 Å². The second-order valence-corrected chi connectivity index (χ2v) is 12.8. The highest BCUT2D eigenvalue weighted by Crippen LogP contribution is 2.52. The van der Waals surface area contributed by atoms with Gasteiger partial charge in [-0.15, -0.1) is 0 Å². The maximum atomic E-state index is 16.1. The van der Waals surface area contributed by atoms with Crippen LogP contribution >= 0.6 is 11.6 Å². The summed E-state index contributed by atoms with van der Waals surface area (Å²) in [5.74, 6) is -6.42. The molecule has 0 radical (unpaired) electrons. The lowest BCUT2D eigenvalue weighted by Crippen LogP contribution is -2.43. The van der Waals surface area contributed by atoms with Crippen LogP contribution in [0.1, 0.15) is 60.1 Å². The van der Waals surface area contributed by atoms with E-state index in [0.717, 1.165) is 6.07 Å². The molecular weight excluding hydrogens is 630 g/mol. The molecule has 4 N–H and O–H groups in total. The average Bonchev–Trinajstić information content (AvgIpc) is 3.92. The maximum Gasteiger partial charge on any atom is 0.251 e. The van der Waals surface area contributed by atoms with E-state index in [9.17, 15) is 23.5 Å². The first-order chi connectivity index (χ1) is 21.8. The van der Waals surface area contributed by atoms with E-state index in [0.29, 0.717) is 42.7 Å². The Bertz CT molecular complexity index is 1960. The molecule has 2 aromatic carbocycles. The molecule has 0 saturated heterocycles. The highest BCUT2D eigenvalue weighted by atomic mass is 35.5. The van der Waals surface area contributed by atoms with E-state index < -0.39 is 74.8 Å². The Kier molecular flexibility index (Phi) is 6.87. The summed E-state index contributed by atoms with van der Waals surface area (Å²) < 4.78 is 66.4. The van der Waals surface area contributed by atoms with Crippen LogP contribution in [0.3, 0.4) is 0 Å². The standard InChI is InChI=1S/C32H28ClF4N5O4/c1-46-23-9-15(8-16-13-42(41-26(16)23)31(37)6-7-31)28(43)39-14-32(45,17-2-3-17)24-11-19(30(4-5-30)29(38)44)25(36)27(40-24)18-10-20(33)22(35)12-21(18)34/h8-13,17,45H,2-7,14H2,1H3,(H2,38,44)(H,39,43)/t32-/m1/s1. The van der Waals surface area contributed by atoms with Crippen molar-refractivity contribution in [1.82, 2.24) is 20.1 Å². The first-order valence-corrected chi connectivity index (χ1v) is 15.1. The fourth-order valence-electron chi connectivity index (χ4n) is 6.00. The Hall–Kier alpha value is -4.23. The Morgan fingerprint density at radius 2 is 1.85 bits per heavy atom. The molecule has 2 heterocycles. The molecular formula is C32H28ClF4N5O4. The fraction of sp³-hybridized carbons (Fsp3) is 0.375. The summed E-state index contributed by atoms with van der Waals surface area (Å²) in [5, 5.41) is 19.1. The molecule has 9 nitrogen and oxygen atoms in total. The van der Waals surface area contributed by atoms with Crippen molar-refractivity contribution in [3.05, 3.63) is 75.8 Å². The SMILES string of the molecule is COc1cc(C(=O)NC[C@](O)(c2cc(C3(C(N)=O)CC3)c(F)c(-c3cc(Cl)c(F)cc3F)n2)C2CC2)cc2cn(C3(F)CC3)nc12. The monoisotopic (exact) mass is 657 g/mol. The number of alkyl halides is 1. The van der Waals surface area contributed by atoms with Gasteiger partial charge in [0.05, 0.1) is 29.8 Å². The number of aromatic nitrogens is 3. The Morgan fingerprint density at radius 1 is 1.13 bits per heavy atom. The van der Waals surface area contributed by atoms with E-state index in [1.165, 1.54) is 36.2 Å². The summed E-state index contributed by atoms with van der Waals surface area (Å²) in [4.78, 5) is 30.2. The van der Waals surface area contributed by atoms with E-state index in [4.69, 9.17) is 22.1 Å². The molecule has 0 bridgehead atoms. The molecule has 1 atom stereocenters. The van der Waals surface area contributed by atoms with Gasteiger partial charge in [0, 0.05) is 47.2 Å². The van der Waals surface area contributed by atoms with Gasteiger partial charge in [-0.25, -0.2) is 27.2 Å². The molecule has 0 unspecified atom stereocenters. The van der Waals surface area contributed by atoms with Gasteiger partial charge >= 0.3 is 0 Å². The molecule has 0 spiro atoms. The number of hydrogen-bond acceptors (Lipinski definition) is 6. The number of carbonyl (C=O) groups is 2. The van der Waals surface area contributed by atoms with Gasteiger partial charge in [-0.05, 0) is 55.9 Å². The molecule has 3 aliphatic rings. The Balaban J connectivity index is 1.27. The lowest BCUT2D eigenvalue weighted by atomic mass is 9.86. The van der Waals surface area contributed by atoms with E-state index in [-0.39, 0.29) is 35.4 Å². The largest absolute Gasteiger partial charge is 0.494 e. The first-order valence-electron chi connectivity index (χ1n) is 14.7. The molecule has 46 heavy (non-hydrogen) atoms. The number of halogens is 5. The minimum absolute atomic E-state index is 0.124. The van der Waals surface area contributed by atoms with Gasteiger partial charge in [-0.3, -0.25) is 9.59 Å². The number of aliphatic hydroxyl groups is 1. The minimum atomic E-state index is -1.88. The van der Waals surface area contributed by atoms with Crippen LogP contribution < -0.4 is 15.8 Å². The average molecular weight is 658 g/mol. The molecule has 2 amide bonds. The minimum Gasteiger partial charge on any atom is -0.494 e. The highest BCUT2D eigenvalue weighted by Gasteiger charge is 2.54.